The number of halogens is 1. The monoisotopic (exact) mass is 374 g/mol. The molecule has 1 amide bonds. The van der Waals surface area contributed by atoms with Gasteiger partial charge in [-0.05, 0) is 54.2 Å². The van der Waals surface area contributed by atoms with Gasteiger partial charge in [0.15, 0.2) is 5.11 Å². The Morgan fingerprint density at radius 1 is 1.16 bits per heavy atom. The van der Waals surface area contributed by atoms with Crippen LogP contribution in [-0.4, -0.2) is 34.8 Å². The molecule has 2 aromatic carbocycles. The first-order valence-corrected chi connectivity index (χ1v) is 9.23. The molecule has 0 aromatic heterocycles. The summed E-state index contributed by atoms with van der Waals surface area (Å²) in [6.07, 6.45) is 0. The molecule has 7 heteroatoms. The number of thioether (sulfide) groups is 1. The molecule has 2 heterocycles. The predicted octanol–water partition coefficient (Wildman–Crippen LogP) is 3.58. The Morgan fingerprint density at radius 2 is 1.84 bits per heavy atom. The number of anilines is 1. The van der Waals surface area contributed by atoms with E-state index in [4.69, 9.17) is 17.0 Å². The summed E-state index contributed by atoms with van der Waals surface area (Å²) in [5.74, 6) is 1.09. The van der Waals surface area contributed by atoms with Crippen LogP contribution in [0.5, 0.6) is 5.75 Å². The lowest BCUT2D eigenvalue weighted by Crippen LogP contribution is -2.33. The van der Waals surface area contributed by atoms with E-state index in [9.17, 15) is 9.18 Å². The minimum absolute atomic E-state index is 0.0210. The molecule has 4 nitrogen and oxygen atoms in total. The van der Waals surface area contributed by atoms with Gasteiger partial charge in [0.05, 0.1) is 12.8 Å². The number of thiocarbonyl (C=S) groups is 1. The molecule has 2 fully saturated rings. The van der Waals surface area contributed by atoms with Gasteiger partial charge in [-0.1, -0.05) is 12.1 Å². The standard InChI is InChI=1S/C18H15FN2O2S2/c1-23-14-8-6-13(7-9-14)20-16(22)15-10-25-17(21(15)18(20)24)11-2-4-12(19)5-3-11/h2-9,15,17H,10H2,1H3/t15-,17+/m0/s1. The lowest BCUT2D eigenvalue weighted by molar-refractivity contribution is -0.119. The largest absolute Gasteiger partial charge is 0.497 e. The van der Waals surface area contributed by atoms with E-state index < -0.39 is 0 Å². The zero-order valence-corrected chi connectivity index (χ0v) is 15.0. The molecule has 4 rings (SSSR count). The fourth-order valence-corrected chi connectivity index (χ4v) is 5.06. The summed E-state index contributed by atoms with van der Waals surface area (Å²) < 4.78 is 18.4. The molecule has 0 bridgehead atoms. The third-order valence-corrected chi connectivity index (χ3v) is 6.12. The van der Waals surface area contributed by atoms with Crippen LogP contribution in [0.1, 0.15) is 10.9 Å². The Balaban J connectivity index is 1.65. The van der Waals surface area contributed by atoms with Gasteiger partial charge in [0, 0.05) is 5.75 Å². The molecular formula is C18H15FN2O2S2. The van der Waals surface area contributed by atoms with Gasteiger partial charge < -0.3 is 9.64 Å². The van der Waals surface area contributed by atoms with E-state index in [1.807, 2.05) is 17.0 Å². The molecule has 0 radical (unpaired) electrons. The van der Waals surface area contributed by atoms with E-state index in [1.54, 1.807) is 48.0 Å². The van der Waals surface area contributed by atoms with Crippen molar-refractivity contribution in [3.05, 3.63) is 59.9 Å². The van der Waals surface area contributed by atoms with Crippen LogP contribution in [-0.2, 0) is 4.79 Å². The van der Waals surface area contributed by atoms with Gasteiger partial charge in [0.2, 0.25) is 0 Å². The SMILES string of the molecule is COc1ccc(N2C(=O)[C@@H]3CS[C@H](c4ccc(F)cc4)N3C2=S)cc1. The molecule has 2 aliphatic heterocycles. The van der Waals surface area contributed by atoms with Gasteiger partial charge >= 0.3 is 0 Å². The zero-order chi connectivity index (χ0) is 17.6. The van der Waals surface area contributed by atoms with Crippen LogP contribution >= 0.6 is 24.0 Å². The maximum Gasteiger partial charge on any atom is 0.257 e. The van der Waals surface area contributed by atoms with Crippen molar-refractivity contribution < 1.29 is 13.9 Å². The molecule has 0 N–H and O–H groups in total. The minimum Gasteiger partial charge on any atom is -0.497 e. The highest BCUT2D eigenvalue weighted by Gasteiger charge is 2.50. The van der Waals surface area contributed by atoms with E-state index in [2.05, 4.69) is 0 Å². The number of benzene rings is 2. The summed E-state index contributed by atoms with van der Waals surface area (Å²) in [7, 11) is 1.60. The third kappa shape index (κ3) is 2.67. The molecule has 2 aliphatic rings. The van der Waals surface area contributed by atoms with Gasteiger partial charge in [0.1, 0.15) is 23.0 Å². The molecule has 0 saturated carbocycles. The van der Waals surface area contributed by atoms with Crippen molar-refractivity contribution in [3.8, 4) is 5.75 Å². The van der Waals surface area contributed by atoms with Crippen LogP contribution < -0.4 is 9.64 Å². The number of carbonyl (C=O) groups excluding carboxylic acids is 1. The van der Waals surface area contributed by atoms with Gasteiger partial charge in [-0.15, -0.1) is 11.8 Å². The number of fused-ring (bicyclic) bond motifs is 1. The summed E-state index contributed by atoms with van der Waals surface area (Å²) in [5, 5.41) is 0.407. The van der Waals surface area contributed by atoms with Crippen LogP contribution in [0.4, 0.5) is 10.1 Å². The average Bonchev–Trinajstić information content (AvgIpc) is 3.17. The van der Waals surface area contributed by atoms with Crippen molar-refractivity contribution in [2.45, 2.75) is 11.4 Å². The van der Waals surface area contributed by atoms with Crippen LogP contribution in [0.25, 0.3) is 0 Å². The van der Waals surface area contributed by atoms with Crippen molar-refractivity contribution in [2.75, 3.05) is 17.8 Å². The lowest BCUT2D eigenvalue weighted by Gasteiger charge is -2.25. The van der Waals surface area contributed by atoms with E-state index in [-0.39, 0.29) is 23.1 Å². The number of hydrogen-bond acceptors (Lipinski definition) is 4. The number of hydrogen-bond donors (Lipinski definition) is 0. The van der Waals surface area contributed by atoms with Crippen molar-refractivity contribution in [2.24, 2.45) is 0 Å². The van der Waals surface area contributed by atoms with Crippen molar-refractivity contribution in [1.29, 1.82) is 0 Å². The van der Waals surface area contributed by atoms with Crippen LogP contribution in [0.2, 0.25) is 0 Å². The minimum atomic E-state index is -0.283. The smallest absolute Gasteiger partial charge is 0.257 e. The molecular weight excluding hydrogens is 359 g/mol. The fourth-order valence-electron chi connectivity index (χ4n) is 3.14. The summed E-state index contributed by atoms with van der Waals surface area (Å²) in [6.45, 7) is 0. The van der Waals surface area contributed by atoms with E-state index in [0.29, 0.717) is 10.9 Å². The highest BCUT2D eigenvalue weighted by molar-refractivity contribution is 7.99. The van der Waals surface area contributed by atoms with Crippen LogP contribution in [0.3, 0.4) is 0 Å². The topological polar surface area (TPSA) is 32.8 Å². The number of nitrogens with zero attached hydrogens (tertiary/aromatic N) is 2. The molecule has 2 atom stereocenters. The second kappa shape index (κ2) is 6.31. The molecule has 0 unspecified atom stereocenters. The molecule has 0 spiro atoms. The van der Waals surface area contributed by atoms with Gasteiger partial charge in [-0.3, -0.25) is 9.69 Å². The Bertz CT molecular complexity index is 826. The fraction of sp³-hybridized carbons (Fsp3) is 0.222. The van der Waals surface area contributed by atoms with Gasteiger partial charge in [-0.25, -0.2) is 4.39 Å². The highest BCUT2D eigenvalue weighted by Crippen LogP contribution is 2.46. The second-order valence-electron chi connectivity index (χ2n) is 5.81. The molecule has 0 aliphatic carbocycles. The van der Waals surface area contributed by atoms with Gasteiger partial charge in [0.25, 0.3) is 5.91 Å². The summed E-state index contributed by atoms with van der Waals surface area (Å²) in [6, 6.07) is 13.3. The van der Waals surface area contributed by atoms with Crippen LogP contribution in [0.15, 0.2) is 48.5 Å². The quantitative estimate of drug-likeness (QED) is 0.767. The number of amides is 1. The van der Waals surface area contributed by atoms with Crippen molar-refractivity contribution in [1.82, 2.24) is 4.90 Å². The zero-order valence-electron chi connectivity index (χ0n) is 13.4. The molecule has 128 valence electrons. The number of rotatable bonds is 3. The number of methoxy groups -OCH3 is 1. The lowest BCUT2D eigenvalue weighted by atomic mass is 10.2. The molecule has 2 saturated heterocycles. The van der Waals surface area contributed by atoms with E-state index in [0.717, 1.165) is 17.0 Å². The summed E-state index contributed by atoms with van der Waals surface area (Å²) in [4.78, 5) is 16.4. The second-order valence-corrected chi connectivity index (χ2v) is 7.29. The van der Waals surface area contributed by atoms with Crippen molar-refractivity contribution in [3.63, 3.8) is 0 Å². The Morgan fingerprint density at radius 3 is 2.48 bits per heavy atom. The summed E-state index contributed by atoms with van der Waals surface area (Å²) >= 11 is 7.27. The normalized spacial score (nSPS) is 22.5. The van der Waals surface area contributed by atoms with Crippen molar-refractivity contribution >= 4 is 40.7 Å². The Labute approximate surface area is 154 Å². The first-order chi connectivity index (χ1) is 12.1. The Hall–Kier alpha value is -2.12. The Kier molecular flexibility index (Phi) is 4.13. The van der Waals surface area contributed by atoms with E-state index >= 15 is 0 Å². The number of ether oxygens (including phenoxy) is 1. The van der Waals surface area contributed by atoms with Crippen LogP contribution in [0, 0.1) is 5.82 Å². The number of carbonyl (C=O) groups is 1. The maximum atomic E-state index is 13.2. The molecule has 25 heavy (non-hydrogen) atoms. The first kappa shape index (κ1) is 16.4. The average molecular weight is 374 g/mol. The highest BCUT2D eigenvalue weighted by atomic mass is 32.2. The third-order valence-electron chi connectivity index (χ3n) is 4.40. The molecule has 2 aromatic rings. The van der Waals surface area contributed by atoms with E-state index in [1.165, 1.54) is 12.1 Å². The predicted molar refractivity (Wildman–Crippen MR) is 100 cm³/mol. The first-order valence-electron chi connectivity index (χ1n) is 7.77. The maximum absolute atomic E-state index is 13.2. The van der Waals surface area contributed by atoms with Gasteiger partial charge in [-0.2, -0.15) is 0 Å². The summed E-state index contributed by atoms with van der Waals surface area (Å²) in [5.41, 5.74) is 1.67.